The second kappa shape index (κ2) is 8.17. The zero-order chi connectivity index (χ0) is 15.1. The molecule has 1 saturated heterocycles. The van der Waals surface area contributed by atoms with Gasteiger partial charge in [0.2, 0.25) is 5.91 Å². The zero-order valence-corrected chi connectivity index (χ0v) is 13.4. The summed E-state index contributed by atoms with van der Waals surface area (Å²) in [6, 6.07) is 2.16. The maximum absolute atomic E-state index is 12.1. The van der Waals surface area contributed by atoms with Crippen LogP contribution in [0.5, 0.6) is 0 Å². The summed E-state index contributed by atoms with van der Waals surface area (Å²) in [5.74, 6) is 0.292. The van der Waals surface area contributed by atoms with E-state index in [-0.39, 0.29) is 0 Å². The Labute approximate surface area is 127 Å². The first kappa shape index (κ1) is 16.0. The molecule has 118 valence electrons. The van der Waals surface area contributed by atoms with E-state index in [4.69, 9.17) is 0 Å². The van der Waals surface area contributed by atoms with Crippen LogP contribution in [0, 0.1) is 0 Å². The van der Waals surface area contributed by atoms with Gasteiger partial charge in [-0.2, -0.15) is 5.10 Å². The lowest BCUT2D eigenvalue weighted by atomic mass is 10.1. The summed E-state index contributed by atoms with van der Waals surface area (Å²) < 4.78 is 2.04. The first-order valence-electron chi connectivity index (χ1n) is 8.28. The van der Waals surface area contributed by atoms with Crippen molar-refractivity contribution in [1.82, 2.24) is 20.0 Å². The van der Waals surface area contributed by atoms with Crippen molar-refractivity contribution in [1.29, 1.82) is 0 Å². The van der Waals surface area contributed by atoms with Crippen molar-refractivity contribution in [3.63, 3.8) is 0 Å². The first-order chi connectivity index (χ1) is 10.2. The molecule has 0 radical (unpaired) electrons. The van der Waals surface area contributed by atoms with Gasteiger partial charge in [0, 0.05) is 39.1 Å². The van der Waals surface area contributed by atoms with Gasteiger partial charge in [-0.05, 0) is 38.7 Å². The Hall–Kier alpha value is -1.36. The van der Waals surface area contributed by atoms with E-state index in [1.54, 1.807) is 0 Å². The number of carbonyl (C=O) groups excluding carboxylic acids is 1. The van der Waals surface area contributed by atoms with E-state index in [0.29, 0.717) is 12.3 Å². The molecule has 1 aromatic heterocycles. The summed E-state index contributed by atoms with van der Waals surface area (Å²) in [5.41, 5.74) is 2.35. The predicted molar refractivity (Wildman–Crippen MR) is 84.0 cm³/mol. The number of carbonyl (C=O) groups is 1. The number of hydrogen-bond acceptors (Lipinski definition) is 3. The van der Waals surface area contributed by atoms with E-state index in [0.717, 1.165) is 57.7 Å². The fourth-order valence-corrected chi connectivity index (χ4v) is 2.82. The highest BCUT2D eigenvalue weighted by molar-refractivity contribution is 5.76. The molecule has 0 saturated carbocycles. The van der Waals surface area contributed by atoms with E-state index < -0.39 is 0 Å². The molecule has 2 rings (SSSR count). The van der Waals surface area contributed by atoms with E-state index in [2.05, 4.69) is 30.3 Å². The van der Waals surface area contributed by atoms with Crippen LogP contribution in [0.2, 0.25) is 0 Å². The van der Waals surface area contributed by atoms with Gasteiger partial charge in [0.05, 0.1) is 11.4 Å². The van der Waals surface area contributed by atoms with Crippen molar-refractivity contribution in [2.45, 2.75) is 59.0 Å². The predicted octanol–water partition coefficient (Wildman–Crippen LogP) is 1.96. The maximum Gasteiger partial charge on any atom is 0.223 e. The molecule has 1 aromatic rings. The van der Waals surface area contributed by atoms with Gasteiger partial charge in [0.15, 0.2) is 0 Å². The Morgan fingerprint density at radius 1 is 1.29 bits per heavy atom. The van der Waals surface area contributed by atoms with Gasteiger partial charge in [0.25, 0.3) is 0 Å². The second-order valence-electron chi connectivity index (χ2n) is 5.66. The zero-order valence-electron chi connectivity index (χ0n) is 13.4. The monoisotopic (exact) mass is 292 g/mol. The summed E-state index contributed by atoms with van der Waals surface area (Å²) in [5, 5.41) is 7.91. The summed E-state index contributed by atoms with van der Waals surface area (Å²) >= 11 is 0. The molecule has 1 aliphatic heterocycles. The number of nitrogens with one attached hydrogen (secondary N) is 1. The van der Waals surface area contributed by atoms with E-state index >= 15 is 0 Å². The summed E-state index contributed by atoms with van der Waals surface area (Å²) in [6.07, 6.45) is 5.15. The summed E-state index contributed by atoms with van der Waals surface area (Å²) in [7, 11) is 0. The van der Waals surface area contributed by atoms with Crippen molar-refractivity contribution in [2.24, 2.45) is 0 Å². The lowest BCUT2D eigenvalue weighted by Gasteiger charge is -2.26. The molecule has 1 fully saturated rings. The van der Waals surface area contributed by atoms with E-state index in [1.807, 2.05) is 9.58 Å². The highest BCUT2D eigenvalue weighted by Crippen LogP contribution is 2.10. The molecule has 0 aromatic carbocycles. The third-order valence-electron chi connectivity index (χ3n) is 4.11. The third-order valence-corrected chi connectivity index (χ3v) is 4.11. The molecule has 1 N–H and O–H groups in total. The molecular formula is C16H28N4O. The van der Waals surface area contributed by atoms with E-state index in [9.17, 15) is 4.79 Å². The Bertz CT molecular complexity index is 449. The first-order valence-corrected chi connectivity index (χ1v) is 8.28. The number of nitrogens with zero attached hydrogens (tertiary/aromatic N) is 3. The number of rotatable bonds is 7. The van der Waals surface area contributed by atoms with Crippen LogP contribution in [0.1, 0.15) is 50.9 Å². The van der Waals surface area contributed by atoms with Crippen molar-refractivity contribution in [3.05, 3.63) is 17.5 Å². The van der Waals surface area contributed by atoms with Crippen LogP contribution in [0.4, 0.5) is 0 Å². The second-order valence-corrected chi connectivity index (χ2v) is 5.66. The molecule has 0 bridgehead atoms. The maximum atomic E-state index is 12.1. The minimum atomic E-state index is 0.292. The van der Waals surface area contributed by atoms with Crippen LogP contribution in [0.3, 0.4) is 0 Å². The fraction of sp³-hybridized carbons (Fsp3) is 0.750. The van der Waals surface area contributed by atoms with Gasteiger partial charge in [0.1, 0.15) is 0 Å². The van der Waals surface area contributed by atoms with Crippen molar-refractivity contribution in [3.8, 4) is 0 Å². The van der Waals surface area contributed by atoms with Gasteiger partial charge in [-0.15, -0.1) is 0 Å². The molecule has 1 amide bonds. The quantitative estimate of drug-likeness (QED) is 0.782. The van der Waals surface area contributed by atoms with Crippen LogP contribution >= 0.6 is 0 Å². The highest BCUT2D eigenvalue weighted by atomic mass is 16.2. The smallest absolute Gasteiger partial charge is 0.223 e. The molecule has 2 heterocycles. The molecule has 1 aliphatic rings. The third kappa shape index (κ3) is 4.56. The van der Waals surface area contributed by atoms with Crippen molar-refractivity contribution >= 4 is 5.91 Å². The molecule has 5 nitrogen and oxygen atoms in total. The number of hydrogen-bond donors (Lipinski definition) is 1. The number of likely N-dealkylation sites (tertiary alicyclic amines) is 1. The molecule has 0 atom stereocenters. The van der Waals surface area contributed by atoms with Gasteiger partial charge in [-0.1, -0.05) is 6.92 Å². The highest BCUT2D eigenvalue weighted by Gasteiger charge is 2.15. The van der Waals surface area contributed by atoms with Gasteiger partial charge in [-0.3, -0.25) is 9.48 Å². The molecule has 5 heteroatoms. The summed E-state index contributed by atoms with van der Waals surface area (Å²) in [6.45, 7) is 8.54. The summed E-state index contributed by atoms with van der Waals surface area (Å²) in [4.78, 5) is 14.1. The topological polar surface area (TPSA) is 50.2 Å². The lowest BCUT2D eigenvalue weighted by molar-refractivity contribution is -0.131. The lowest BCUT2D eigenvalue weighted by Crippen LogP contribution is -2.37. The number of aryl methyl sites for hydroxylation is 2. The van der Waals surface area contributed by atoms with Crippen LogP contribution in [-0.2, 0) is 24.3 Å². The standard InChI is InChI=1S/C16H28N4O/c1-3-14-12-15(20(4-2)18-14)13-17-9-8-16(21)19-10-6-5-7-11-19/h12,17H,3-11,13H2,1-2H3. The van der Waals surface area contributed by atoms with Crippen molar-refractivity contribution in [2.75, 3.05) is 19.6 Å². The average molecular weight is 292 g/mol. The number of aromatic nitrogens is 2. The Morgan fingerprint density at radius 2 is 2.05 bits per heavy atom. The Morgan fingerprint density at radius 3 is 2.71 bits per heavy atom. The van der Waals surface area contributed by atoms with Crippen LogP contribution < -0.4 is 5.32 Å². The minimum absolute atomic E-state index is 0.292. The van der Waals surface area contributed by atoms with Crippen molar-refractivity contribution < 1.29 is 4.79 Å². The molecule has 0 aliphatic carbocycles. The number of piperidine rings is 1. The van der Waals surface area contributed by atoms with Gasteiger partial charge in [-0.25, -0.2) is 0 Å². The molecule has 21 heavy (non-hydrogen) atoms. The van der Waals surface area contributed by atoms with Gasteiger partial charge >= 0.3 is 0 Å². The molecular weight excluding hydrogens is 264 g/mol. The minimum Gasteiger partial charge on any atom is -0.343 e. The number of amides is 1. The van der Waals surface area contributed by atoms with E-state index in [1.165, 1.54) is 12.1 Å². The average Bonchev–Trinajstić information content (AvgIpc) is 2.94. The fourth-order valence-electron chi connectivity index (χ4n) is 2.82. The Balaban J connectivity index is 1.71. The SMILES string of the molecule is CCc1cc(CNCCC(=O)N2CCCCC2)n(CC)n1. The Kier molecular flexibility index (Phi) is 6.23. The van der Waals surface area contributed by atoms with Crippen LogP contribution in [0.25, 0.3) is 0 Å². The molecule has 0 unspecified atom stereocenters. The van der Waals surface area contributed by atoms with Gasteiger partial charge < -0.3 is 10.2 Å². The van der Waals surface area contributed by atoms with Crippen LogP contribution in [-0.4, -0.2) is 40.2 Å². The van der Waals surface area contributed by atoms with Crippen LogP contribution in [0.15, 0.2) is 6.07 Å². The largest absolute Gasteiger partial charge is 0.343 e. The normalized spacial score (nSPS) is 15.4. The molecule has 0 spiro atoms.